The maximum Gasteiger partial charge on any atom is 0.273 e. The molecule has 0 radical (unpaired) electrons. The molecule has 164 valence electrons. The second-order valence-electron chi connectivity index (χ2n) is 7.81. The number of aryl methyl sites for hydroxylation is 2. The third-order valence-corrected chi connectivity index (χ3v) is 6.07. The smallest absolute Gasteiger partial charge is 0.273 e. The molecule has 2 heterocycles. The standard InChI is InChI=1S/C25H26ClN5O/c1-5-17-11-12-22-20(13-17)23(29-24(28-22)19-9-7-8-10-21(19)26)25(32)30(4)15-18-14-27-31(6-2)16(18)3/h7-14H,5-6,15H2,1-4H3. The topological polar surface area (TPSA) is 63.9 Å². The molecule has 0 aliphatic rings. The van der Waals surface area contributed by atoms with E-state index in [0.29, 0.717) is 28.6 Å². The van der Waals surface area contributed by atoms with Gasteiger partial charge in [0, 0.05) is 42.3 Å². The normalized spacial score (nSPS) is 11.2. The molecule has 0 N–H and O–H groups in total. The maximum atomic E-state index is 13.6. The Morgan fingerprint density at radius 1 is 1.12 bits per heavy atom. The second kappa shape index (κ2) is 9.09. The van der Waals surface area contributed by atoms with Crippen molar-refractivity contribution in [3.8, 4) is 11.4 Å². The number of rotatable bonds is 6. The molecule has 7 heteroatoms. The van der Waals surface area contributed by atoms with Crippen molar-refractivity contribution in [2.45, 2.75) is 40.3 Å². The fourth-order valence-corrected chi connectivity index (χ4v) is 4.01. The van der Waals surface area contributed by atoms with Crippen LogP contribution < -0.4 is 0 Å². The first-order valence-electron chi connectivity index (χ1n) is 10.7. The molecule has 1 amide bonds. The minimum absolute atomic E-state index is 0.164. The first-order valence-corrected chi connectivity index (χ1v) is 11.1. The second-order valence-corrected chi connectivity index (χ2v) is 8.22. The van der Waals surface area contributed by atoms with Gasteiger partial charge in [0.1, 0.15) is 5.69 Å². The summed E-state index contributed by atoms with van der Waals surface area (Å²) in [5, 5.41) is 5.69. The number of carbonyl (C=O) groups is 1. The van der Waals surface area contributed by atoms with E-state index in [-0.39, 0.29) is 5.91 Å². The van der Waals surface area contributed by atoms with Gasteiger partial charge in [0.25, 0.3) is 5.91 Å². The Hall–Kier alpha value is -3.25. The van der Waals surface area contributed by atoms with Gasteiger partial charge in [-0.05, 0) is 50.1 Å². The highest BCUT2D eigenvalue weighted by Gasteiger charge is 2.21. The van der Waals surface area contributed by atoms with Crippen molar-refractivity contribution in [2.75, 3.05) is 7.05 Å². The van der Waals surface area contributed by atoms with Gasteiger partial charge in [-0.15, -0.1) is 0 Å². The molecular formula is C25H26ClN5O. The van der Waals surface area contributed by atoms with Gasteiger partial charge in [-0.2, -0.15) is 5.10 Å². The summed E-state index contributed by atoms with van der Waals surface area (Å²) >= 11 is 6.41. The van der Waals surface area contributed by atoms with E-state index in [9.17, 15) is 4.79 Å². The zero-order chi connectivity index (χ0) is 22.8. The lowest BCUT2D eigenvalue weighted by Gasteiger charge is -2.18. The highest BCUT2D eigenvalue weighted by molar-refractivity contribution is 6.33. The molecule has 0 atom stereocenters. The molecule has 4 rings (SSSR count). The van der Waals surface area contributed by atoms with Gasteiger partial charge in [-0.3, -0.25) is 9.48 Å². The Morgan fingerprint density at radius 2 is 1.91 bits per heavy atom. The van der Waals surface area contributed by atoms with Crippen LogP contribution >= 0.6 is 11.6 Å². The van der Waals surface area contributed by atoms with Crippen molar-refractivity contribution in [2.24, 2.45) is 0 Å². The summed E-state index contributed by atoms with van der Waals surface area (Å²) in [6, 6.07) is 13.4. The van der Waals surface area contributed by atoms with Crippen LogP contribution in [0.3, 0.4) is 0 Å². The lowest BCUT2D eigenvalue weighted by molar-refractivity contribution is 0.0781. The molecule has 0 bridgehead atoms. The van der Waals surface area contributed by atoms with Crippen LogP contribution in [0.4, 0.5) is 0 Å². The van der Waals surface area contributed by atoms with Gasteiger partial charge < -0.3 is 4.90 Å². The van der Waals surface area contributed by atoms with Gasteiger partial charge in [0.05, 0.1) is 16.7 Å². The number of halogens is 1. The Bertz CT molecular complexity index is 1300. The van der Waals surface area contributed by atoms with Crippen molar-refractivity contribution in [1.29, 1.82) is 0 Å². The number of carbonyl (C=O) groups excluding carboxylic acids is 1. The fourth-order valence-electron chi connectivity index (χ4n) is 3.79. The summed E-state index contributed by atoms with van der Waals surface area (Å²) in [6.07, 6.45) is 2.69. The van der Waals surface area contributed by atoms with E-state index in [4.69, 9.17) is 21.6 Å². The van der Waals surface area contributed by atoms with Gasteiger partial charge >= 0.3 is 0 Å². The highest BCUT2D eigenvalue weighted by Crippen LogP contribution is 2.28. The van der Waals surface area contributed by atoms with Crippen molar-refractivity contribution in [3.63, 3.8) is 0 Å². The minimum Gasteiger partial charge on any atom is -0.336 e. The molecule has 0 aliphatic carbocycles. The van der Waals surface area contributed by atoms with Gasteiger partial charge in [0.2, 0.25) is 0 Å². The number of aromatic nitrogens is 4. The predicted molar refractivity (Wildman–Crippen MR) is 128 cm³/mol. The van der Waals surface area contributed by atoms with E-state index < -0.39 is 0 Å². The summed E-state index contributed by atoms with van der Waals surface area (Å²) in [4.78, 5) is 24.7. The minimum atomic E-state index is -0.164. The number of hydrogen-bond acceptors (Lipinski definition) is 4. The van der Waals surface area contributed by atoms with Crippen LogP contribution in [0.15, 0.2) is 48.7 Å². The quantitative estimate of drug-likeness (QED) is 0.401. The summed E-state index contributed by atoms with van der Waals surface area (Å²) in [6.45, 7) is 7.40. The third-order valence-electron chi connectivity index (χ3n) is 5.74. The van der Waals surface area contributed by atoms with Crippen molar-refractivity contribution < 1.29 is 4.79 Å². The van der Waals surface area contributed by atoms with Crippen LogP contribution in [-0.4, -0.2) is 37.6 Å². The Labute approximate surface area is 192 Å². The van der Waals surface area contributed by atoms with Crippen LogP contribution in [0.25, 0.3) is 22.3 Å². The Balaban J connectivity index is 1.80. The zero-order valence-corrected chi connectivity index (χ0v) is 19.5. The molecule has 0 aliphatic heterocycles. The molecule has 2 aromatic heterocycles. The third kappa shape index (κ3) is 4.10. The van der Waals surface area contributed by atoms with Crippen LogP contribution in [-0.2, 0) is 19.5 Å². The lowest BCUT2D eigenvalue weighted by Crippen LogP contribution is -2.28. The summed E-state index contributed by atoms with van der Waals surface area (Å²) < 4.78 is 1.93. The number of hydrogen-bond donors (Lipinski definition) is 0. The maximum absolute atomic E-state index is 13.6. The van der Waals surface area contributed by atoms with Crippen LogP contribution in [0.5, 0.6) is 0 Å². The van der Waals surface area contributed by atoms with E-state index in [1.807, 2.05) is 61.1 Å². The highest BCUT2D eigenvalue weighted by atomic mass is 35.5. The van der Waals surface area contributed by atoms with E-state index in [1.54, 1.807) is 18.0 Å². The first kappa shape index (κ1) is 22.0. The van der Waals surface area contributed by atoms with Gasteiger partial charge in [0.15, 0.2) is 5.82 Å². The zero-order valence-electron chi connectivity index (χ0n) is 18.8. The van der Waals surface area contributed by atoms with Crippen LogP contribution in [0, 0.1) is 6.92 Å². The molecular weight excluding hydrogens is 422 g/mol. The molecule has 0 fully saturated rings. The largest absolute Gasteiger partial charge is 0.336 e. The molecule has 0 saturated heterocycles. The molecule has 6 nitrogen and oxygen atoms in total. The molecule has 32 heavy (non-hydrogen) atoms. The van der Waals surface area contributed by atoms with Gasteiger partial charge in [-0.1, -0.05) is 36.7 Å². The van der Waals surface area contributed by atoms with Crippen molar-refractivity contribution in [3.05, 3.63) is 76.2 Å². The molecule has 4 aromatic rings. The molecule has 0 spiro atoms. The summed E-state index contributed by atoms with van der Waals surface area (Å²) in [7, 11) is 1.79. The number of fused-ring (bicyclic) bond motifs is 1. The van der Waals surface area contributed by atoms with Crippen molar-refractivity contribution in [1.82, 2.24) is 24.6 Å². The average Bonchev–Trinajstić information content (AvgIpc) is 3.16. The van der Waals surface area contributed by atoms with E-state index >= 15 is 0 Å². The molecule has 2 aromatic carbocycles. The summed E-state index contributed by atoms with van der Waals surface area (Å²) in [5.41, 5.74) is 5.00. The van der Waals surface area contributed by atoms with Gasteiger partial charge in [-0.25, -0.2) is 9.97 Å². The average molecular weight is 448 g/mol. The Morgan fingerprint density at radius 3 is 2.59 bits per heavy atom. The lowest BCUT2D eigenvalue weighted by atomic mass is 10.1. The van der Waals surface area contributed by atoms with E-state index in [1.165, 1.54) is 0 Å². The molecule has 0 saturated carbocycles. The van der Waals surface area contributed by atoms with E-state index in [2.05, 4.69) is 12.0 Å². The summed E-state index contributed by atoms with van der Waals surface area (Å²) in [5.74, 6) is 0.279. The number of benzene rings is 2. The Kier molecular flexibility index (Phi) is 6.24. The monoisotopic (exact) mass is 447 g/mol. The number of amides is 1. The van der Waals surface area contributed by atoms with Crippen LogP contribution in [0.2, 0.25) is 5.02 Å². The SMILES string of the molecule is CCc1ccc2nc(-c3ccccc3Cl)nc(C(=O)N(C)Cc3cnn(CC)c3C)c2c1. The predicted octanol–water partition coefficient (Wildman–Crippen LogP) is 5.31. The van der Waals surface area contributed by atoms with E-state index in [0.717, 1.165) is 40.7 Å². The van der Waals surface area contributed by atoms with Crippen LogP contribution in [0.1, 0.15) is 41.2 Å². The van der Waals surface area contributed by atoms with Crippen molar-refractivity contribution >= 4 is 28.4 Å². The molecule has 0 unspecified atom stereocenters. The number of nitrogens with zero attached hydrogens (tertiary/aromatic N) is 5. The first-order chi connectivity index (χ1) is 15.4. The fraction of sp³-hybridized carbons (Fsp3) is 0.280.